The SMILES string of the molecule is CC(C)(C)OCCOc1cccc(OCCO)c1. The molecule has 0 heterocycles. The zero-order chi connectivity index (χ0) is 13.4. The molecule has 4 heteroatoms. The maximum absolute atomic E-state index is 8.67. The molecule has 4 nitrogen and oxygen atoms in total. The molecule has 0 aliphatic rings. The van der Waals surface area contributed by atoms with Crippen LogP contribution in [0, 0.1) is 0 Å². The highest BCUT2D eigenvalue weighted by molar-refractivity contribution is 5.32. The first-order valence-electron chi connectivity index (χ1n) is 6.12. The van der Waals surface area contributed by atoms with E-state index in [4.69, 9.17) is 19.3 Å². The Labute approximate surface area is 108 Å². The van der Waals surface area contributed by atoms with E-state index in [1.54, 1.807) is 6.07 Å². The molecule has 0 aromatic heterocycles. The molecule has 1 aromatic carbocycles. The van der Waals surface area contributed by atoms with E-state index in [1.165, 1.54) is 0 Å². The fourth-order valence-electron chi connectivity index (χ4n) is 1.32. The van der Waals surface area contributed by atoms with Gasteiger partial charge in [-0.3, -0.25) is 0 Å². The Morgan fingerprint density at radius 2 is 1.61 bits per heavy atom. The van der Waals surface area contributed by atoms with E-state index < -0.39 is 0 Å². The summed E-state index contributed by atoms with van der Waals surface area (Å²) in [6.45, 7) is 7.37. The summed E-state index contributed by atoms with van der Waals surface area (Å²) in [6.07, 6.45) is 0. The molecular formula is C14H22O4. The Balaban J connectivity index is 2.33. The molecule has 0 radical (unpaired) electrons. The fraction of sp³-hybridized carbons (Fsp3) is 0.571. The van der Waals surface area contributed by atoms with Gasteiger partial charge in [0.1, 0.15) is 24.7 Å². The predicted molar refractivity (Wildman–Crippen MR) is 70.2 cm³/mol. The number of ether oxygens (including phenoxy) is 3. The van der Waals surface area contributed by atoms with Gasteiger partial charge in [-0.15, -0.1) is 0 Å². The van der Waals surface area contributed by atoms with Crippen molar-refractivity contribution in [3.63, 3.8) is 0 Å². The van der Waals surface area contributed by atoms with Gasteiger partial charge < -0.3 is 19.3 Å². The summed E-state index contributed by atoms with van der Waals surface area (Å²) >= 11 is 0. The highest BCUT2D eigenvalue weighted by Gasteiger charge is 2.09. The topological polar surface area (TPSA) is 47.9 Å². The van der Waals surface area contributed by atoms with Crippen molar-refractivity contribution in [2.75, 3.05) is 26.4 Å². The van der Waals surface area contributed by atoms with E-state index in [0.717, 1.165) is 5.75 Å². The Kier molecular flexibility index (Phi) is 5.95. The first-order valence-corrected chi connectivity index (χ1v) is 6.12. The van der Waals surface area contributed by atoms with E-state index in [1.807, 2.05) is 39.0 Å². The largest absolute Gasteiger partial charge is 0.491 e. The van der Waals surface area contributed by atoms with Gasteiger partial charge in [-0.1, -0.05) is 6.07 Å². The summed E-state index contributed by atoms with van der Waals surface area (Å²) in [6, 6.07) is 7.34. The molecule has 0 unspecified atom stereocenters. The summed E-state index contributed by atoms with van der Waals surface area (Å²) in [4.78, 5) is 0. The van der Waals surface area contributed by atoms with Crippen molar-refractivity contribution in [2.45, 2.75) is 26.4 Å². The summed E-state index contributed by atoms with van der Waals surface area (Å²) in [5, 5.41) is 8.67. The molecule has 0 spiro atoms. The standard InChI is InChI=1S/C14H22O4/c1-14(2,3)18-10-9-17-13-6-4-5-12(11-13)16-8-7-15/h4-6,11,15H,7-10H2,1-3H3. The van der Waals surface area contributed by atoms with Gasteiger partial charge in [-0.25, -0.2) is 0 Å². The van der Waals surface area contributed by atoms with Crippen molar-refractivity contribution in [2.24, 2.45) is 0 Å². The summed E-state index contributed by atoms with van der Waals surface area (Å²) < 4.78 is 16.4. The minimum atomic E-state index is -0.143. The monoisotopic (exact) mass is 254 g/mol. The second-order valence-electron chi connectivity index (χ2n) is 4.86. The number of hydrogen-bond acceptors (Lipinski definition) is 4. The highest BCUT2D eigenvalue weighted by Crippen LogP contribution is 2.19. The molecule has 0 aliphatic heterocycles. The van der Waals surface area contributed by atoms with Gasteiger partial charge in [-0.2, -0.15) is 0 Å². The van der Waals surface area contributed by atoms with Gasteiger partial charge in [-0.05, 0) is 32.9 Å². The first-order chi connectivity index (χ1) is 8.51. The molecular weight excluding hydrogens is 232 g/mol. The van der Waals surface area contributed by atoms with Crippen molar-refractivity contribution >= 4 is 0 Å². The van der Waals surface area contributed by atoms with Crippen molar-refractivity contribution in [3.8, 4) is 11.5 Å². The number of benzene rings is 1. The van der Waals surface area contributed by atoms with E-state index in [2.05, 4.69) is 0 Å². The van der Waals surface area contributed by atoms with Crippen LogP contribution in [0.25, 0.3) is 0 Å². The van der Waals surface area contributed by atoms with Crippen LogP contribution in [0.5, 0.6) is 11.5 Å². The first kappa shape index (κ1) is 14.8. The molecule has 0 bridgehead atoms. The molecule has 18 heavy (non-hydrogen) atoms. The van der Waals surface area contributed by atoms with E-state index in [0.29, 0.717) is 19.0 Å². The molecule has 1 aromatic rings. The van der Waals surface area contributed by atoms with Crippen LogP contribution in [0.3, 0.4) is 0 Å². The predicted octanol–water partition coefficient (Wildman–Crippen LogP) is 2.25. The zero-order valence-corrected chi connectivity index (χ0v) is 11.3. The van der Waals surface area contributed by atoms with Crippen LogP contribution in [-0.2, 0) is 4.74 Å². The minimum Gasteiger partial charge on any atom is -0.491 e. The number of aliphatic hydroxyl groups excluding tert-OH is 1. The van der Waals surface area contributed by atoms with Crippen LogP contribution in [-0.4, -0.2) is 37.1 Å². The molecule has 0 fully saturated rings. The molecule has 0 atom stereocenters. The molecule has 1 rings (SSSR count). The highest BCUT2D eigenvalue weighted by atomic mass is 16.5. The van der Waals surface area contributed by atoms with Gasteiger partial charge in [0.2, 0.25) is 0 Å². The third-order valence-electron chi connectivity index (χ3n) is 2.05. The Bertz CT molecular complexity index is 344. The smallest absolute Gasteiger partial charge is 0.123 e. The van der Waals surface area contributed by atoms with E-state index >= 15 is 0 Å². The normalized spacial score (nSPS) is 11.3. The van der Waals surface area contributed by atoms with Crippen molar-refractivity contribution in [3.05, 3.63) is 24.3 Å². The lowest BCUT2D eigenvalue weighted by Crippen LogP contribution is -2.22. The Morgan fingerprint density at radius 1 is 1.00 bits per heavy atom. The second-order valence-corrected chi connectivity index (χ2v) is 4.86. The fourth-order valence-corrected chi connectivity index (χ4v) is 1.32. The minimum absolute atomic E-state index is 0.00447. The maximum atomic E-state index is 8.67. The molecule has 1 N–H and O–H groups in total. The van der Waals surface area contributed by atoms with Crippen LogP contribution in [0.4, 0.5) is 0 Å². The number of hydrogen-bond donors (Lipinski definition) is 1. The Hall–Kier alpha value is -1.26. The lowest BCUT2D eigenvalue weighted by molar-refractivity contribution is -0.0163. The maximum Gasteiger partial charge on any atom is 0.123 e. The van der Waals surface area contributed by atoms with Crippen LogP contribution in [0.15, 0.2) is 24.3 Å². The summed E-state index contributed by atoms with van der Waals surface area (Å²) in [5.74, 6) is 1.43. The lowest BCUT2D eigenvalue weighted by Gasteiger charge is -2.19. The van der Waals surface area contributed by atoms with Gasteiger partial charge in [0, 0.05) is 6.07 Å². The van der Waals surface area contributed by atoms with Crippen molar-refractivity contribution in [1.82, 2.24) is 0 Å². The van der Waals surface area contributed by atoms with Crippen molar-refractivity contribution < 1.29 is 19.3 Å². The molecule has 102 valence electrons. The van der Waals surface area contributed by atoms with Gasteiger partial charge >= 0.3 is 0 Å². The molecule has 0 saturated heterocycles. The van der Waals surface area contributed by atoms with Crippen LogP contribution < -0.4 is 9.47 Å². The van der Waals surface area contributed by atoms with Gasteiger partial charge in [0.05, 0.1) is 18.8 Å². The Morgan fingerprint density at radius 3 is 2.17 bits per heavy atom. The summed E-state index contributed by atoms with van der Waals surface area (Å²) in [5.41, 5.74) is -0.143. The van der Waals surface area contributed by atoms with Crippen LogP contribution in [0.2, 0.25) is 0 Å². The van der Waals surface area contributed by atoms with Crippen LogP contribution in [0.1, 0.15) is 20.8 Å². The number of rotatable bonds is 7. The third kappa shape index (κ3) is 6.47. The number of aliphatic hydroxyl groups is 1. The zero-order valence-electron chi connectivity index (χ0n) is 11.3. The molecule has 0 amide bonds. The van der Waals surface area contributed by atoms with Gasteiger partial charge in [0.25, 0.3) is 0 Å². The van der Waals surface area contributed by atoms with Crippen LogP contribution >= 0.6 is 0 Å². The molecule has 0 saturated carbocycles. The van der Waals surface area contributed by atoms with Crippen molar-refractivity contribution in [1.29, 1.82) is 0 Å². The van der Waals surface area contributed by atoms with Gasteiger partial charge in [0.15, 0.2) is 0 Å². The lowest BCUT2D eigenvalue weighted by atomic mass is 10.2. The van der Waals surface area contributed by atoms with E-state index in [9.17, 15) is 0 Å². The van der Waals surface area contributed by atoms with E-state index in [-0.39, 0.29) is 18.8 Å². The summed E-state index contributed by atoms with van der Waals surface area (Å²) in [7, 11) is 0. The average Bonchev–Trinajstić information content (AvgIpc) is 2.31. The quantitative estimate of drug-likeness (QED) is 0.758. The average molecular weight is 254 g/mol. The third-order valence-corrected chi connectivity index (χ3v) is 2.05. The molecule has 0 aliphatic carbocycles. The second kappa shape index (κ2) is 7.24.